The van der Waals surface area contributed by atoms with E-state index in [2.05, 4.69) is 5.32 Å². The summed E-state index contributed by atoms with van der Waals surface area (Å²) < 4.78 is 28.9. The zero-order chi connectivity index (χ0) is 20.3. The predicted molar refractivity (Wildman–Crippen MR) is 102 cm³/mol. The van der Waals surface area contributed by atoms with Crippen molar-refractivity contribution in [3.8, 4) is 0 Å². The fourth-order valence-corrected chi connectivity index (χ4v) is 3.01. The van der Waals surface area contributed by atoms with E-state index in [1.165, 1.54) is 4.57 Å². The zero-order valence-electron chi connectivity index (χ0n) is 15.2. The van der Waals surface area contributed by atoms with Gasteiger partial charge in [0.1, 0.15) is 18.2 Å². The first-order valence-corrected chi connectivity index (χ1v) is 8.89. The van der Waals surface area contributed by atoms with Crippen LogP contribution in [0.4, 0.5) is 14.5 Å². The number of para-hydroxylation sites is 1. The third kappa shape index (κ3) is 4.00. The van der Waals surface area contributed by atoms with Crippen molar-refractivity contribution >= 4 is 22.5 Å². The normalized spacial score (nSPS) is 11.0. The molecule has 0 saturated heterocycles. The molecule has 1 aromatic heterocycles. The number of aromatic nitrogens is 2. The van der Waals surface area contributed by atoms with Crippen molar-refractivity contribution in [2.45, 2.75) is 32.9 Å². The van der Waals surface area contributed by atoms with Gasteiger partial charge in [-0.15, -0.1) is 0 Å². The van der Waals surface area contributed by atoms with Crippen molar-refractivity contribution < 1.29 is 13.6 Å². The molecule has 0 saturated carbocycles. The molecule has 1 heterocycles. The average molecular weight is 387 g/mol. The van der Waals surface area contributed by atoms with Gasteiger partial charge in [-0.05, 0) is 30.7 Å². The lowest BCUT2D eigenvalue weighted by atomic mass is 10.2. The number of hydrogen-bond acceptors (Lipinski definition) is 3. The van der Waals surface area contributed by atoms with E-state index < -0.39 is 35.3 Å². The molecule has 3 aromatic rings. The molecule has 0 aliphatic carbocycles. The van der Waals surface area contributed by atoms with Gasteiger partial charge in [-0.3, -0.25) is 18.7 Å². The van der Waals surface area contributed by atoms with Gasteiger partial charge in [0.2, 0.25) is 5.91 Å². The van der Waals surface area contributed by atoms with E-state index in [4.69, 9.17) is 0 Å². The number of nitrogens with one attached hydrogen (secondary N) is 1. The number of halogens is 2. The standard InChI is InChI=1S/C20H19F2N3O3/c1-2-3-8-24-19(27)16-6-4-5-7-17(16)25(20(24)28)12-18(26)23-15-10-13(21)9-14(22)11-15/h4-7,9-11H,2-3,8,12H2,1H3,(H,23,26). The highest BCUT2D eigenvalue weighted by Crippen LogP contribution is 2.13. The topological polar surface area (TPSA) is 73.1 Å². The first-order chi connectivity index (χ1) is 13.4. The Morgan fingerprint density at radius 2 is 1.71 bits per heavy atom. The molecule has 0 radical (unpaired) electrons. The summed E-state index contributed by atoms with van der Waals surface area (Å²) in [7, 11) is 0. The van der Waals surface area contributed by atoms with Crippen LogP contribution >= 0.6 is 0 Å². The van der Waals surface area contributed by atoms with Crippen LogP contribution in [0, 0.1) is 11.6 Å². The summed E-state index contributed by atoms with van der Waals surface area (Å²) in [5, 5.41) is 2.70. The van der Waals surface area contributed by atoms with Crippen LogP contribution in [-0.2, 0) is 17.9 Å². The van der Waals surface area contributed by atoms with Crippen molar-refractivity contribution in [3.63, 3.8) is 0 Å². The summed E-state index contributed by atoms with van der Waals surface area (Å²) >= 11 is 0. The first kappa shape index (κ1) is 19.5. The van der Waals surface area contributed by atoms with Crippen molar-refractivity contribution in [1.29, 1.82) is 0 Å². The summed E-state index contributed by atoms with van der Waals surface area (Å²) in [6.45, 7) is 1.79. The lowest BCUT2D eigenvalue weighted by molar-refractivity contribution is -0.116. The highest BCUT2D eigenvalue weighted by molar-refractivity contribution is 5.91. The van der Waals surface area contributed by atoms with E-state index in [1.54, 1.807) is 24.3 Å². The number of hydrogen-bond donors (Lipinski definition) is 1. The van der Waals surface area contributed by atoms with Gasteiger partial charge in [-0.1, -0.05) is 25.5 Å². The Balaban J connectivity index is 2.00. The maximum atomic E-state index is 13.3. The van der Waals surface area contributed by atoms with Gasteiger partial charge in [0.05, 0.1) is 10.9 Å². The zero-order valence-corrected chi connectivity index (χ0v) is 15.2. The molecule has 2 aromatic carbocycles. The van der Waals surface area contributed by atoms with E-state index in [9.17, 15) is 23.2 Å². The third-order valence-electron chi connectivity index (χ3n) is 4.32. The van der Waals surface area contributed by atoms with E-state index >= 15 is 0 Å². The molecule has 0 aliphatic heterocycles. The van der Waals surface area contributed by atoms with Crippen LogP contribution < -0.4 is 16.6 Å². The Hall–Kier alpha value is -3.29. The lowest BCUT2D eigenvalue weighted by Gasteiger charge is -2.14. The van der Waals surface area contributed by atoms with Crippen molar-refractivity contribution in [2.75, 3.05) is 5.32 Å². The third-order valence-corrected chi connectivity index (χ3v) is 4.32. The summed E-state index contributed by atoms with van der Waals surface area (Å²) in [6, 6.07) is 9.16. The maximum absolute atomic E-state index is 13.3. The highest BCUT2D eigenvalue weighted by Gasteiger charge is 2.15. The number of unbranched alkanes of at least 4 members (excludes halogenated alkanes) is 1. The van der Waals surface area contributed by atoms with Gasteiger partial charge in [-0.2, -0.15) is 0 Å². The second-order valence-corrected chi connectivity index (χ2v) is 6.40. The number of rotatable bonds is 6. The molecule has 6 nitrogen and oxygen atoms in total. The monoisotopic (exact) mass is 387 g/mol. The van der Waals surface area contributed by atoms with Crippen molar-refractivity contribution in [2.24, 2.45) is 0 Å². The molecule has 0 atom stereocenters. The largest absolute Gasteiger partial charge is 0.331 e. The number of benzene rings is 2. The molecule has 1 amide bonds. The molecule has 28 heavy (non-hydrogen) atoms. The van der Waals surface area contributed by atoms with Gasteiger partial charge < -0.3 is 5.32 Å². The van der Waals surface area contributed by atoms with Crippen LogP contribution in [0.1, 0.15) is 19.8 Å². The Morgan fingerprint density at radius 1 is 1.04 bits per heavy atom. The minimum Gasteiger partial charge on any atom is -0.324 e. The van der Waals surface area contributed by atoms with Gasteiger partial charge in [0.25, 0.3) is 5.56 Å². The second kappa shape index (κ2) is 8.16. The summed E-state index contributed by atoms with van der Waals surface area (Å²) in [5.41, 5.74) is -0.736. The van der Waals surface area contributed by atoms with Gasteiger partial charge >= 0.3 is 5.69 Å². The Bertz CT molecular complexity index is 1130. The number of amides is 1. The Kier molecular flexibility index (Phi) is 5.67. The van der Waals surface area contributed by atoms with Crippen molar-refractivity contribution in [3.05, 3.63) is 74.9 Å². The SMILES string of the molecule is CCCCn1c(=O)c2ccccc2n(CC(=O)Nc2cc(F)cc(F)c2)c1=O. The van der Waals surface area contributed by atoms with Gasteiger partial charge in [0.15, 0.2) is 0 Å². The average Bonchev–Trinajstić information content (AvgIpc) is 2.64. The van der Waals surface area contributed by atoms with E-state index in [1.807, 2.05) is 6.92 Å². The maximum Gasteiger partial charge on any atom is 0.331 e. The Labute approximate surface area is 159 Å². The van der Waals surface area contributed by atoms with Crippen LogP contribution in [-0.4, -0.2) is 15.0 Å². The summed E-state index contributed by atoms with van der Waals surface area (Å²) in [4.78, 5) is 37.9. The summed E-state index contributed by atoms with van der Waals surface area (Å²) in [6.07, 6.45) is 1.44. The number of fused-ring (bicyclic) bond motifs is 1. The number of carbonyl (C=O) groups excluding carboxylic acids is 1. The fraction of sp³-hybridized carbons (Fsp3) is 0.250. The van der Waals surface area contributed by atoms with Crippen LogP contribution in [0.5, 0.6) is 0 Å². The molecule has 1 N–H and O–H groups in total. The summed E-state index contributed by atoms with van der Waals surface area (Å²) in [5.74, 6) is -2.30. The molecule has 0 fully saturated rings. The lowest BCUT2D eigenvalue weighted by Crippen LogP contribution is -2.41. The molecular weight excluding hydrogens is 368 g/mol. The number of carbonyl (C=O) groups is 1. The van der Waals surface area contributed by atoms with Crippen LogP contribution in [0.2, 0.25) is 0 Å². The number of nitrogens with zero attached hydrogens (tertiary/aromatic N) is 2. The minimum atomic E-state index is -0.828. The van der Waals surface area contributed by atoms with E-state index in [-0.39, 0.29) is 12.2 Å². The molecule has 0 spiro atoms. The van der Waals surface area contributed by atoms with E-state index in [0.29, 0.717) is 23.4 Å². The highest BCUT2D eigenvalue weighted by atomic mass is 19.1. The van der Waals surface area contributed by atoms with Gasteiger partial charge in [0, 0.05) is 18.3 Å². The van der Waals surface area contributed by atoms with Crippen LogP contribution in [0.3, 0.4) is 0 Å². The first-order valence-electron chi connectivity index (χ1n) is 8.89. The quantitative estimate of drug-likeness (QED) is 0.707. The smallest absolute Gasteiger partial charge is 0.324 e. The second-order valence-electron chi connectivity index (χ2n) is 6.40. The molecule has 0 bridgehead atoms. The molecule has 8 heteroatoms. The van der Waals surface area contributed by atoms with Crippen molar-refractivity contribution in [1.82, 2.24) is 9.13 Å². The van der Waals surface area contributed by atoms with Crippen LogP contribution in [0.15, 0.2) is 52.1 Å². The Morgan fingerprint density at radius 3 is 2.39 bits per heavy atom. The molecule has 0 aliphatic rings. The predicted octanol–water partition coefficient (Wildman–Crippen LogP) is 2.88. The molecular formula is C20H19F2N3O3. The van der Waals surface area contributed by atoms with E-state index in [0.717, 1.165) is 23.1 Å². The van der Waals surface area contributed by atoms with Gasteiger partial charge in [-0.25, -0.2) is 13.6 Å². The minimum absolute atomic E-state index is 0.0563. The molecule has 0 unspecified atom stereocenters. The molecule has 3 rings (SSSR count). The molecule has 146 valence electrons. The fourth-order valence-electron chi connectivity index (χ4n) is 3.01. The number of anilines is 1. The van der Waals surface area contributed by atoms with Crippen LogP contribution in [0.25, 0.3) is 10.9 Å².